The molecule has 1 amide bonds. The van der Waals surface area contributed by atoms with Crippen molar-refractivity contribution in [3.63, 3.8) is 0 Å². The van der Waals surface area contributed by atoms with Crippen LogP contribution in [-0.2, 0) is 5.60 Å². The van der Waals surface area contributed by atoms with E-state index in [9.17, 15) is 9.90 Å². The maximum Gasteiger partial charge on any atom is 0.287 e. The van der Waals surface area contributed by atoms with Gasteiger partial charge in [-0.1, -0.05) is 0 Å². The van der Waals surface area contributed by atoms with Crippen LogP contribution in [0.2, 0.25) is 0 Å². The van der Waals surface area contributed by atoms with Crippen LogP contribution in [0.1, 0.15) is 34.4 Å². The number of furan rings is 1. The molecular formula is C14H17NO3S. The second-order valence-corrected chi connectivity index (χ2v) is 5.60. The number of rotatable bonds is 4. The molecule has 2 N–H and O–H groups in total. The largest absolute Gasteiger partial charge is 0.456 e. The molecule has 0 saturated heterocycles. The van der Waals surface area contributed by atoms with Crippen LogP contribution >= 0.6 is 11.3 Å². The molecule has 0 aliphatic heterocycles. The summed E-state index contributed by atoms with van der Waals surface area (Å²) < 4.78 is 5.34. The van der Waals surface area contributed by atoms with Crippen LogP contribution in [0, 0.1) is 13.8 Å². The molecule has 2 rings (SSSR count). The predicted molar refractivity (Wildman–Crippen MR) is 74.4 cm³/mol. The zero-order valence-corrected chi connectivity index (χ0v) is 12.0. The Morgan fingerprint density at radius 2 is 2.26 bits per heavy atom. The first-order valence-corrected chi connectivity index (χ1v) is 6.95. The number of hydrogen-bond acceptors (Lipinski definition) is 4. The van der Waals surface area contributed by atoms with E-state index in [1.54, 1.807) is 13.0 Å². The van der Waals surface area contributed by atoms with Crippen LogP contribution in [0.4, 0.5) is 0 Å². The van der Waals surface area contributed by atoms with Crippen molar-refractivity contribution in [1.29, 1.82) is 0 Å². The van der Waals surface area contributed by atoms with Gasteiger partial charge < -0.3 is 14.8 Å². The van der Waals surface area contributed by atoms with Crippen molar-refractivity contribution in [3.8, 4) is 0 Å². The topological polar surface area (TPSA) is 62.5 Å². The van der Waals surface area contributed by atoms with E-state index in [1.165, 1.54) is 11.3 Å². The Kier molecular flexibility index (Phi) is 3.78. The molecule has 0 spiro atoms. The first kappa shape index (κ1) is 13.8. The van der Waals surface area contributed by atoms with Gasteiger partial charge in [0.1, 0.15) is 11.4 Å². The third-order valence-corrected chi connectivity index (χ3v) is 3.81. The van der Waals surface area contributed by atoms with Gasteiger partial charge in [0.15, 0.2) is 5.76 Å². The molecule has 0 aromatic carbocycles. The quantitative estimate of drug-likeness (QED) is 0.904. The Morgan fingerprint density at radius 1 is 1.53 bits per heavy atom. The molecule has 0 aliphatic rings. The number of thiophene rings is 1. The molecule has 1 atom stereocenters. The Morgan fingerprint density at radius 3 is 2.79 bits per heavy atom. The molecular weight excluding hydrogens is 262 g/mol. The van der Waals surface area contributed by atoms with Gasteiger partial charge in [0.05, 0.1) is 6.54 Å². The van der Waals surface area contributed by atoms with Crippen molar-refractivity contribution in [2.75, 3.05) is 6.54 Å². The van der Waals surface area contributed by atoms with Gasteiger partial charge in [-0.3, -0.25) is 4.79 Å². The summed E-state index contributed by atoms with van der Waals surface area (Å²) in [5.74, 6) is 0.692. The third kappa shape index (κ3) is 3.05. The van der Waals surface area contributed by atoms with Gasteiger partial charge in [0, 0.05) is 0 Å². The van der Waals surface area contributed by atoms with E-state index >= 15 is 0 Å². The van der Waals surface area contributed by atoms with Crippen LogP contribution in [0.5, 0.6) is 0 Å². The van der Waals surface area contributed by atoms with Crippen LogP contribution < -0.4 is 5.32 Å². The van der Waals surface area contributed by atoms with Gasteiger partial charge in [-0.05, 0) is 54.8 Å². The van der Waals surface area contributed by atoms with Gasteiger partial charge >= 0.3 is 0 Å². The molecule has 4 nitrogen and oxygen atoms in total. The molecule has 0 fully saturated rings. The highest BCUT2D eigenvalue weighted by molar-refractivity contribution is 7.08. The standard InChI is InChI=1S/C14H17NO3S/c1-9-6-12(18-10(9)2)13(16)15-8-14(3,17)11-4-5-19-7-11/h4-7,17H,8H2,1-3H3,(H,15,16). The summed E-state index contributed by atoms with van der Waals surface area (Å²) in [5.41, 5.74) is 0.658. The van der Waals surface area contributed by atoms with Crippen molar-refractivity contribution < 1.29 is 14.3 Å². The fourth-order valence-electron chi connectivity index (χ4n) is 1.70. The number of nitrogens with one attached hydrogen (secondary N) is 1. The number of carbonyl (C=O) groups is 1. The number of aliphatic hydroxyl groups is 1. The monoisotopic (exact) mass is 279 g/mol. The molecule has 0 saturated carbocycles. The maximum atomic E-state index is 11.9. The van der Waals surface area contributed by atoms with Crippen molar-refractivity contribution in [2.24, 2.45) is 0 Å². The predicted octanol–water partition coefficient (Wildman–Crippen LogP) is 2.60. The summed E-state index contributed by atoms with van der Waals surface area (Å²) in [5, 5.41) is 16.7. The minimum Gasteiger partial charge on any atom is -0.456 e. The van der Waals surface area contributed by atoms with Crippen molar-refractivity contribution >= 4 is 17.2 Å². The van der Waals surface area contributed by atoms with Crippen LogP contribution in [0.3, 0.4) is 0 Å². The van der Waals surface area contributed by atoms with E-state index in [-0.39, 0.29) is 18.2 Å². The zero-order valence-electron chi connectivity index (χ0n) is 11.2. The lowest BCUT2D eigenvalue weighted by atomic mass is 9.99. The van der Waals surface area contributed by atoms with Crippen LogP contribution in [-0.4, -0.2) is 17.6 Å². The number of hydrogen-bond donors (Lipinski definition) is 2. The van der Waals surface area contributed by atoms with E-state index in [2.05, 4.69) is 5.32 Å². The smallest absolute Gasteiger partial charge is 0.287 e. The Bertz CT molecular complexity index is 550. The SMILES string of the molecule is Cc1cc(C(=O)NCC(C)(O)c2ccsc2)oc1C. The van der Waals surface area contributed by atoms with Crippen molar-refractivity contribution in [1.82, 2.24) is 5.32 Å². The highest BCUT2D eigenvalue weighted by Crippen LogP contribution is 2.22. The molecule has 19 heavy (non-hydrogen) atoms. The average Bonchev–Trinajstić information content (AvgIpc) is 2.98. The number of aryl methyl sites for hydroxylation is 2. The fraction of sp³-hybridized carbons (Fsp3) is 0.357. The normalized spacial score (nSPS) is 14.1. The lowest BCUT2D eigenvalue weighted by Gasteiger charge is -2.22. The number of amides is 1. The Balaban J connectivity index is 2.01. The molecule has 0 radical (unpaired) electrons. The second kappa shape index (κ2) is 5.19. The first-order chi connectivity index (χ1) is 8.90. The molecule has 2 aromatic rings. The molecule has 102 valence electrons. The molecule has 2 heterocycles. The highest BCUT2D eigenvalue weighted by Gasteiger charge is 2.25. The molecule has 2 aromatic heterocycles. The summed E-state index contributed by atoms with van der Waals surface area (Å²) >= 11 is 1.51. The van der Waals surface area contributed by atoms with E-state index < -0.39 is 5.60 Å². The minimum atomic E-state index is -1.08. The molecule has 5 heteroatoms. The van der Waals surface area contributed by atoms with Crippen molar-refractivity contribution in [2.45, 2.75) is 26.4 Å². The Hall–Kier alpha value is -1.59. The summed E-state index contributed by atoms with van der Waals surface area (Å²) in [6.07, 6.45) is 0. The lowest BCUT2D eigenvalue weighted by molar-refractivity contribution is 0.0522. The van der Waals surface area contributed by atoms with E-state index in [0.29, 0.717) is 0 Å². The van der Waals surface area contributed by atoms with Gasteiger partial charge in [-0.2, -0.15) is 11.3 Å². The molecule has 0 aliphatic carbocycles. The summed E-state index contributed by atoms with van der Waals surface area (Å²) in [4.78, 5) is 11.9. The van der Waals surface area contributed by atoms with E-state index in [4.69, 9.17) is 4.42 Å². The van der Waals surface area contributed by atoms with Gasteiger partial charge in [-0.25, -0.2) is 0 Å². The third-order valence-electron chi connectivity index (χ3n) is 3.13. The van der Waals surface area contributed by atoms with Gasteiger partial charge in [0.25, 0.3) is 5.91 Å². The Labute approximate surface area is 116 Å². The van der Waals surface area contributed by atoms with Gasteiger partial charge in [0.2, 0.25) is 0 Å². The maximum absolute atomic E-state index is 11.9. The van der Waals surface area contributed by atoms with Gasteiger partial charge in [-0.15, -0.1) is 0 Å². The highest BCUT2D eigenvalue weighted by atomic mass is 32.1. The fourth-order valence-corrected chi connectivity index (χ4v) is 2.48. The minimum absolute atomic E-state index is 0.140. The second-order valence-electron chi connectivity index (χ2n) is 4.82. The molecule has 0 bridgehead atoms. The van der Waals surface area contributed by atoms with Crippen LogP contribution in [0.15, 0.2) is 27.3 Å². The lowest BCUT2D eigenvalue weighted by Crippen LogP contribution is -2.38. The zero-order chi connectivity index (χ0) is 14.0. The summed E-state index contributed by atoms with van der Waals surface area (Å²) in [6, 6.07) is 3.54. The van der Waals surface area contributed by atoms with E-state index in [0.717, 1.165) is 16.9 Å². The van der Waals surface area contributed by atoms with Crippen molar-refractivity contribution in [3.05, 3.63) is 45.5 Å². The summed E-state index contributed by atoms with van der Waals surface area (Å²) in [6.45, 7) is 5.51. The molecule has 1 unspecified atom stereocenters. The van der Waals surface area contributed by atoms with E-state index in [1.807, 2.05) is 30.7 Å². The number of carbonyl (C=O) groups excluding carboxylic acids is 1. The average molecular weight is 279 g/mol. The summed E-state index contributed by atoms with van der Waals surface area (Å²) in [7, 11) is 0. The first-order valence-electron chi connectivity index (χ1n) is 6.00. The van der Waals surface area contributed by atoms with Crippen LogP contribution in [0.25, 0.3) is 0 Å².